The molecule has 68 valence electrons. The first-order valence-electron chi connectivity index (χ1n) is 4.67. The van der Waals surface area contributed by atoms with Gasteiger partial charge >= 0.3 is 0 Å². The van der Waals surface area contributed by atoms with Gasteiger partial charge in [0.15, 0.2) is 5.78 Å². The Kier molecular flexibility index (Phi) is 3.48. The van der Waals surface area contributed by atoms with E-state index < -0.39 is 0 Å². The zero-order valence-electron chi connectivity index (χ0n) is 7.92. The molecule has 2 heteroatoms. The second kappa shape index (κ2) is 4.41. The predicted octanol–water partition coefficient (Wildman–Crippen LogP) is 1.62. The molecule has 2 nitrogen and oxygen atoms in total. The molecule has 1 saturated heterocycles. The van der Waals surface area contributed by atoms with Crippen LogP contribution >= 0.6 is 0 Å². The van der Waals surface area contributed by atoms with Crippen LogP contribution in [-0.4, -0.2) is 29.8 Å². The van der Waals surface area contributed by atoms with Crippen molar-refractivity contribution in [3.63, 3.8) is 0 Å². The number of rotatable bonds is 3. The molecule has 1 fully saturated rings. The maximum absolute atomic E-state index is 10.7. The zero-order valence-corrected chi connectivity index (χ0v) is 7.92. The van der Waals surface area contributed by atoms with Crippen molar-refractivity contribution in [3.8, 4) is 0 Å². The fourth-order valence-electron chi connectivity index (χ4n) is 1.71. The molecule has 1 heterocycles. The third-order valence-corrected chi connectivity index (χ3v) is 2.37. The largest absolute Gasteiger partial charge is 0.297 e. The van der Waals surface area contributed by atoms with Gasteiger partial charge in [-0.2, -0.15) is 0 Å². The van der Waals surface area contributed by atoms with Crippen molar-refractivity contribution in [3.05, 3.63) is 12.2 Å². The predicted molar refractivity (Wildman–Crippen MR) is 50.1 cm³/mol. The van der Waals surface area contributed by atoms with Crippen molar-refractivity contribution in [2.24, 2.45) is 0 Å². The van der Waals surface area contributed by atoms with Crippen LogP contribution in [0.5, 0.6) is 0 Å². The summed E-state index contributed by atoms with van der Waals surface area (Å²) in [6, 6.07) is 0.513. The van der Waals surface area contributed by atoms with Gasteiger partial charge in [-0.1, -0.05) is 13.0 Å². The van der Waals surface area contributed by atoms with Crippen molar-refractivity contribution in [1.82, 2.24) is 4.90 Å². The van der Waals surface area contributed by atoms with Gasteiger partial charge in [-0.3, -0.25) is 9.69 Å². The van der Waals surface area contributed by atoms with E-state index >= 15 is 0 Å². The standard InChI is InChI=1S/C10H17NO/c1-3-11-8-4-5-10(11)7-6-9(2)12/h6-7,10H,3-5,8H2,1-2H3/b7-6+. The number of carbonyl (C=O) groups excluding carboxylic acids is 1. The fourth-order valence-corrected chi connectivity index (χ4v) is 1.71. The summed E-state index contributed by atoms with van der Waals surface area (Å²) in [5, 5.41) is 0. The number of allylic oxidation sites excluding steroid dienone is 1. The Balaban J connectivity index is 2.45. The molecule has 0 aromatic rings. The highest BCUT2D eigenvalue weighted by molar-refractivity contribution is 5.87. The summed E-state index contributed by atoms with van der Waals surface area (Å²) >= 11 is 0. The molecular weight excluding hydrogens is 150 g/mol. The third-order valence-electron chi connectivity index (χ3n) is 2.37. The first kappa shape index (κ1) is 9.46. The van der Waals surface area contributed by atoms with Crippen molar-refractivity contribution in [1.29, 1.82) is 0 Å². The number of hydrogen-bond acceptors (Lipinski definition) is 2. The molecule has 0 aliphatic carbocycles. The van der Waals surface area contributed by atoms with E-state index in [1.165, 1.54) is 19.4 Å². The molecule has 0 bridgehead atoms. The van der Waals surface area contributed by atoms with E-state index in [9.17, 15) is 4.79 Å². The number of hydrogen-bond donors (Lipinski definition) is 0. The Morgan fingerprint density at radius 2 is 2.42 bits per heavy atom. The van der Waals surface area contributed by atoms with E-state index in [4.69, 9.17) is 0 Å². The lowest BCUT2D eigenvalue weighted by molar-refractivity contribution is -0.112. The Morgan fingerprint density at radius 3 is 3.00 bits per heavy atom. The van der Waals surface area contributed by atoms with Crippen molar-refractivity contribution in [2.75, 3.05) is 13.1 Å². The molecule has 1 aliphatic heterocycles. The van der Waals surface area contributed by atoms with Gasteiger partial charge in [-0.25, -0.2) is 0 Å². The lowest BCUT2D eigenvalue weighted by atomic mass is 10.2. The Bertz CT molecular complexity index is 186. The van der Waals surface area contributed by atoms with Gasteiger partial charge in [0, 0.05) is 6.04 Å². The van der Waals surface area contributed by atoms with Crippen LogP contribution in [0, 0.1) is 0 Å². The van der Waals surface area contributed by atoms with E-state index in [-0.39, 0.29) is 5.78 Å². The van der Waals surface area contributed by atoms with Crippen LogP contribution in [-0.2, 0) is 4.79 Å². The monoisotopic (exact) mass is 167 g/mol. The fraction of sp³-hybridized carbons (Fsp3) is 0.700. The highest BCUT2D eigenvalue weighted by Gasteiger charge is 2.19. The van der Waals surface area contributed by atoms with Crippen molar-refractivity contribution < 1.29 is 4.79 Å². The zero-order chi connectivity index (χ0) is 8.97. The van der Waals surface area contributed by atoms with Crippen LogP contribution in [0.4, 0.5) is 0 Å². The van der Waals surface area contributed by atoms with Gasteiger partial charge in [0.1, 0.15) is 0 Å². The highest BCUT2D eigenvalue weighted by atomic mass is 16.1. The summed E-state index contributed by atoms with van der Waals surface area (Å²) < 4.78 is 0. The van der Waals surface area contributed by atoms with E-state index in [1.54, 1.807) is 13.0 Å². The minimum absolute atomic E-state index is 0.151. The lowest BCUT2D eigenvalue weighted by Crippen LogP contribution is -2.27. The third kappa shape index (κ3) is 2.45. The molecule has 0 amide bonds. The molecule has 0 N–H and O–H groups in total. The molecule has 0 aromatic carbocycles. The Hall–Kier alpha value is -0.630. The smallest absolute Gasteiger partial charge is 0.152 e. The number of ketones is 1. The van der Waals surface area contributed by atoms with Crippen LogP contribution in [0.25, 0.3) is 0 Å². The summed E-state index contributed by atoms with van der Waals surface area (Å²) in [4.78, 5) is 13.1. The van der Waals surface area contributed by atoms with Gasteiger partial charge < -0.3 is 0 Å². The second-order valence-corrected chi connectivity index (χ2v) is 3.31. The van der Waals surface area contributed by atoms with Crippen molar-refractivity contribution in [2.45, 2.75) is 32.7 Å². The van der Waals surface area contributed by atoms with Gasteiger partial charge in [0.25, 0.3) is 0 Å². The van der Waals surface area contributed by atoms with E-state index in [0.717, 1.165) is 6.54 Å². The van der Waals surface area contributed by atoms with Crippen LogP contribution in [0.15, 0.2) is 12.2 Å². The molecule has 1 atom stereocenters. The maximum atomic E-state index is 10.7. The molecule has 12 heavy (non-hydrogen) atoms. The van der Waals surface area contributed by atoms with Crippen LogP contribution in [0.3, 0.4) is 0 Å². The van der Waals surface area contributed by atoms with E-state index in [2.05, 4.69) is 11.8 Å². The summed E-state index contributed by atoms with van der Waals surface area (Å²) in [6.45, 7) is 6.04. The highest BCUT2D eigenvalue weighted by Crippen LogP contribution is 2.17. The topological polar surface area (TPSA) is 20.3 Å². The summed E-state index contributed by atoms with van der Waals surface area (Å²) in [5.41, 5.74) is 0. The molecule has 0 aromatic heterocycles. The second-order valence-electron chi connectivity index (χ2n) is 3.31. The lowest BCUT2D eigenvalue weighted by Gasteiger charge is -2.18. The van der Waals surface area contributed by atoms with Gasteiger partial charge in [-0.15, -0.1) is 0 Å². The summed E-state index contributed by atoms with van der Waals surface area (Å²) in [6.07, 6.45) is 6.20. The van der Waals surface area contributed by atoms with Crippen LogP contribution < -0.4 is 0 Å². The number of carbonyl (C=O) groups is 1. The van der Waals surface area contributed by atoms with Gasteiger partial charge in [-0.05, 0) is 38.9 Å². The molecule has 1 aliphatic rings. The molecule has 1 rings (SSSR count). The molecule has 1 unspecified atom stereocenters. The molecular formula is C10H17NO. The average molecular weight is 167 g/mol. The Morgan fingerprint density at radius 1 is 1.67 bits per heavy atom. The number of likely N-dealkylation sites (N-methyl/N-ethyl adjacent to an activating group) is 1. The minimum Gasteiger partial charge on any atom is -0.297 e. The first-order chi connectivity index (χ1) is 5.74. The molecule has 0 saturated carbocycles. The van der Waals surface area contributed by atoms with E-state index in [0.29, 0.717) is 6.04 Å². The SMILES string of the molecule is CCN1CCCC1/C=C/C(C)=O. The first-order valence-corrected chi connectivity index (χ1v) is 4.67. The quantitative estimate of drug-likeness (QED) is 0.595. The van der Waals surface area contributed by atoms with E-state index in [1.807, 2.05) is 6.08 Å². The maximum Gasteiger partial charge on any atom is 0.152 e. The molecule has 0 radical (unpaired) electrons. The van der Waals surface area contributed by atoms with Gasteiger partial charge in [0.05, 0.1) is 0 Å². The minimum atomic E-state index is 0.151. The number of nitrogens with zero attached hydrogens (tertiary/aromatic N) is 1. The summed E-state index contributed by atoms with van der Waals surface area (Å²) in [7, 11) is 0. The number of likely N-dealkylation sites (tertiary alicyclic amines) is 1. The van der Waals surface area contributed by atoms with Crippen LogP contribution in [0.1, 0.15) is 26.7 Å². The van der Waals surface area contributed by atoms with Gasteiger partial charge in [0.2, 0.25) is 0 Å². The molecule has 0 spiro atoms. The Labute approximate surface area is 74.2 Å². The van der Waals surface area contributed by atoms with Crippen molar-refractivity contribution >= 4 is 5.78 Å². The average Bonchev–Trinajstić information content (AvgIpc) is 2.47. The summed E-state index contributed by atoms with van der Waals surface area (Å²) in [5.74, 6) is 0.151. The van der Waals surface area contributed by atoms with Crippen LogP contribution in [0.2, 0.25) is 0 Å². The normalized spacial score (nSPS) is 25.3.